The largest absolute Gasteiger partial charge is 0.271 e. The van der Waals surface area contributed by atoms with E-state index in [-0.39, 0.29) is 5.91 Å². The summed E-state index contributed by atoms with van der Waals surface area (Å²) in [6.45, 7) is 8.61. The van der Waals surface area contributed by atoms with Crippen LogP contribution < -0.4 is 0 Å². The molecule has 50 valence electrons. The fraction of sp³-hybridized carbons (Fsp3) is 0.571. The summed E-state index contributed by atoms with van der Waals surface area (Å²) in [5.41, 5.74) is -0.398. The predicted octanol–water partition coefficient (Wildman–Crippen LogP) is 1.41. The summed E-state index contributed by atoms with van der Waals surface area (Å²) in [5, 5.41) is 0. The first kappa shape index (κ1) is 8.12. The van der Waals surface area contributed by atoms with Gasteiger partial charge >= 0.3 is 0 Å². The third-order valence-corrected chi connectivity index (χ3v) is 0.822. The van der Waals surface area contributed by atoms with Gasteiger partial charge in [0.05, 0.1) is 0 Å². The third-order valence-electron chi connectivity index (χ3n) is 0.822. The number of nitrogens with zero attached hydrogens (tertiary/aromatic N) is 1. The number of carbonyl (C=O) groups is 1. The van der Waals surface area contributed by atoms with Gasteiger partial charge in [-0.2, -0.15) is 4.99 Å². The zero-order valence-electron chi connectivity index (χ0n) is 6.06. The molecule has 0 bridgehead atoms. The van der Waals surface area contributed by atoms with Crippen molar-refractivity contribution in [1.29, 1.82) is 0 Å². The Bertz CT molecular complexity index is 158. The molecular weight excluding hydrogens is 114 g/mol. The Morgan fingerprint density at radius 3 is 2.11 bits per heavy atom. The van der Waals surface area contributed by atoms with E-state index in [1.54, 1.807) is 20.8 Å². The molecule has 0 saturated carbocycles. The summed E-state index contributed by atoms with van der Waals surface area (Å²) >= 11 is 0. The zero-order valence-corrected chi connectivity index (χ0v) is 6.06. The minimum atomic E-state index is -0.398. The van der Waals surface area contributed by atoms with E-state index in [4.69, 9.17) is 0 Å². The van der Waals surface area contributed by atoms with Crippen molar-refractivity contribution in [3.63, 3.8) is 0 Å². The van der Waals surface area contributed by atoms with E-state index in [1.807, 2.05) is 0 Å². The number of hydrogen-bond donors (Lipinski definition) is 0. The molecule has 0 unspecified atom stereocenters. The molecule has 0 aliphatic heterocycles. The lowest BCUT2D eigenvalue weighted by molar-refractivity contribution is -0.124. The fourth-order valence-corrected chi connectivity index (χ4v) is 0.240. The fourth-order valence-electron chi connectivity index (χ4n) is 0.240. The van der Waals surface area contributed by atoms with Crippen molar-refractivity contribution in [2.75, 3.05) is 0 Å². The van der Waals surface area contributed by atoms with E-state index in [9.17, 15) is 4.79 Å². The van der Waals surface area contributed by atoms with Gasteiger partial charge in [-0.3, -0.25) is 4.79 Å². The molecule has 2 heteroatoms. The topological polar surface area (TPSA) is 29.4 Å². The van der Waals surface area contributed by atoms with Crippen molar-refractivity contribution in [3.05, 3.63) is 6.58 Å². The van der Waals surface area contributed by atoms with Gasteiger partial charge in [0, 0.05) is 5.41 Å². The van der Waals surface area contributed by atoms with Crippen molar-refractivity contribution < 1.29 is 4.79 Å². The molecule has 0 spiro atoms. The third kappa shape index (κ3) is 2.83. The molecule has 0 aromatic carbocycles. The second-order valence-corrected chi connectivity index (χ2v) is 2.83. The van der Waals surface area contributed by atoms with Crippen LogP contribution in [0.5, 0.6) is 0 Å². The van der Waals surface area contributed by atoms with Crippen molar-refractivity contribution >= 4 is 11.8 Å². The molecule has 1 amide bonds. The smallest absolute Gasteiger partial charge is 0.259 e. The molecule has 0 N–H and O–H groups in total. The van der Waals surface area contributed by atoms with Crippen LogP contribution in [0.3, 0.4) is 0 Å². The van der Waals surface area contributed by atoms with Gasteiger partial charge in [0.1, 0.15) is 0 Å². The van der Waals surface area contributed by atoms with Crippen LogP contribution in [-0.2, 0) is 4.79 Å². The molecule has 0 heterocycles. The van der Waals surface area contributed by atoms with Crippen molar-refractivity contribution in [1.82, 2.24) is 0 Å². The van der Waals surface area contributed by atoms with Gasteiger partial charge in [0.15, 0.2) is 0 Å². The van der Waals surface area contributed by atoms with Crippen LogP contribution >= 0.6 is 0 Å². The van der Waals surface area contributed by atoms with Crippen LogP contribution in [0, 0.1) is 5.41 Å². The number of hydrogen-bond acceptors (Lipinski definition) is 1. The van der Waals surface area contributed by atoms with Gasteiger partial charge < -0.3 is 0 Å². The van der Waals surface area contributed by atoms with Crippen LogP contribution in [0.15, 0.2) is 11.6 Å². The van der Waals surface area contributed by atoms with Gasteiger partial charge in [-0.1, -0.05) is 20.8 Å². The van der Waals surface area contributed by atoms with Crippen LogP contribution in [0.4, 0.5) is 0 Å². The van der Waals surface area contributed by atoms with E-state index < -0.39 is 5.41 Å². The molecule has 9 heavy (non-hydrogen) atoms. The second kappa shape index (κ2) is 2.60. The van der Waals surface area contributed by atoms with E-state index in [2.05, 4.69) is 17.4 Å². The SMILES string of the molecule is C=C=NC(=O)C(C)(C)C. The van der Waals surface area contributed by atoms with Gasteiger partial charge in [-0.15, -0.1) is 0 Å². The van der Waals surface area contributed by atoms with Crippen LogP contribution in [0.25, 0.3) is 0 Å². The Morgan fingerprint density at radius 1 is 1.56 bits per heavy atom. The number of carbonyl (C=O) groups excluding carboxylic acids is 1. The van der Waals surface area contributed by atoms with Crippen LogP contribution in [0.1, 0.15) is 20.8 Å². The van der Waals surface area contributed by atoms with Crippen molar-refractivity contribution in [3.8, 4) is 0 Å². The normalized spacial score (nSPS) is 10.1. The molecule has 0 aromatic heterocycles. The maximum absolute atomic E-state index is 10.8. The summed E-state index contributed by atoms with van der Waals surface area (Å²) in [6, 6.07) is 0. The summed E-state index contributed by atoms with van der Waals surface area (Å²) in [7, 11) is 0. The van der Waals surface area contributed by atoms with E-state index in [0.717, 1.165) is 0 Å². The summed E-state index contributed by atoms with van der Waals surface area (Å²) < 4.78 is 0. The minimum Gasteiger partial charge on any atom is -0.271 e. The first-order chi connectivity index (χ1) is 3.98. The quantitative estimate of drug-likeness (QED) is 0.450. The Hall–Kier alpha value is -0.880. The molecule has 0 aromatic rings. The first-order valence-corrected chi connectivity index (χ1v) is 2.75. The molecule has 0 radical (unpaired) electrons. The zero-order chi connectivity index (χ0) is 7.49. The molecule has 0 aliphatic carbocycles. The highest BCUT2D eigenvalue weighted by molar-refractivity contribution is 5.87. The van der Waals surface area contributed by atoms with Crippen LogP contribution in [0.2, 0.25) is 0 Å². The number of aliphatic imine (C=N–C) groups is 1. The number of amides is 1. The predicted molar refractivity (Wildman–Crippen MR) is 37.5 cm³/mol. The van der Waals surface area contributed by atoms with Crippen molar-refractivity contribution in [2.45, 2.75) is 20.8 Å². The first-order valence-electron chi connectivity index (χ1n) is 2.75. The maximum atomic E-state index is 10.8. The van der Waals surface area contributed by atoms with E-state index in [1.165, 1.54) is 0 Å². The van der Waals surface area contributed by atoms with Gasteiger partial charge in [-0.25, -0.2) is 0 Å². The highest BCUT2D eigenvalue weighted by Gasteiger charge is 2.19. The average molecular weight is 125 g/mol. The van der Waals surface area contributed by atoms with Crippen LogP contribution in [-0.4, -0.2) is 11.8 Å². The van der Waals surface area contributed by atoms with E-state index in [0.29, 0.717) is 0 Å². The molecule has 0 atom stereocenters. The Labute approximate surface area is 55.3 Å². The molecule has 0 fully saturated rings. The summed E-state index contributed by atoms with van der Waals surface area (Å²) in [4.78, 5) is 14.2. The monoisotopic (exact) mass is 125 g/mol. The lowest BCUT2D eigenvalue weighted by Gasteiger charge is -2.10. The highest BCUT2D eigenvalue weighted by atomic mass is 16.1. The summed E-state index contributed by atoms with van der Waals surface area (Å²) in [6.07, 6.45) is 0. The van der Waals surface area contributed by atoms with Gasteiger partial charge in [0.2, 0.25) is 0 Å². The highest BCUT2D eigenvalue weighted by Crippen LogP contribution is 2.13. The maximum Gasteiger partial charge on any atom is 0.259 e. The second-order valence-electron chi connectivity index (χ2n) is 2.83. The minimum absolute atomic E-state index is 0.183. The Morgan fingerprint density at radius 2 is 2.00 bits per heavy atom. The average Bonchev–Trinajstić information content (AvgIpc) is 1.64. The molecular formula is C7H11NO. The van der Waals surface area contributed by atoms with E-state index >= 15 is 0 Å². The lowest BCUT2D eigenvalue weighted by atomic mass is 9.96. The molecule has 0 saturated heterocycles. The Balaban J connectivity index is 4.22. The lowest BCUT2D eigenvalue weighted by Crippen LogP contribution is -2.17. The van der Waals surface area contributed by atoms with Crippen molar-refractivity contribution in [2.24, 2.45) is 10.4 Å². The molecule has 2 nitrogen and oxygen atoms in total. The standard InChI is InChI=1S/C7H11NO/c1-5-8-6(9)7(2,3)4/h1H2,2-4H3. The van der Waals surface area contributed by atoms with Gasteiger partial charge in [-0.05, 0) is 12.4 Å². The summed E-state index contributed by atoms with van der Waals surface area (Å²) in [5.74, 6) is 2.02. The molecule has 0 aliphatic rings. The Kier molecular flexibility index (Phi) is 2.35. The molecule has 0 rings (SSSR count). The number of rotatable bonds is 0. The van der Waals surface area contributed by atoms with Gasteiger partial charge in [0.25, 0.3) is 5.91 Å².